The second-order valence-corrected chi connectivity index (χ2v) is 4.15. The highest BCUT2D eigenvalue weighted by Crippen LogP contribution is 2.45. The van der Waals surface area contributed by atoms with Gasteiger partial charge < -0.3 is 0 Å². The van der Waals surface area contributed by atoms with Crippen molar-refractivity contribution in [2.24, 2.45) is 11.8 Å². The third kappa shape index (κ3) is 1.48. The first kappa shape index (κ1) is 7.71. The van der Waals surface area contributed by atoms with Gasteiger partial charge in [0.2, 0.25) is 0 Å². The molecule has 0 aliphatic heterocycles. The van der Waals surface area contributed by atoms with Gasteiger partial charge in [0.1, 0.15) is 0 Å². The zero-order chi connectivity index (χ0) is 7.84. The van der Waals surface area contributed by atoms with Gasteiger partial charge in [-0.1, -0.05) is 0 Å². The molecule has 0 aromatic heterocycles. The van der Waals surface area contributed by atoms with Gasteiger partial charge in [0.05, 0.1) is 6.10 Å². The van der Waals surface area contributed by atoms with Crippen LogP contribution in [0.5, 0.6) is 0 Å². The van der Waals surface area contributed by atoms with Crippen LogP contribution in [0, 0.1) is 11.8 Å². The van der Waals surface area contributed by atoms with E-state index in [2.05, 4.69) is 0 Å². The molecule has 0 aromatic carbocycles. The van der Waals surface area contributed by atoms with Crippen LogP contribution in [0.1, 0.15) is 25.7 Å². The summed E-state index contributed by atoms with van der Waals surface area (Å²) in [5.41, 5.74) is 0. The molecule has 4 unspecified atom stereocenters. The lowest BCUT2D eigenvalue weighted by Crippen LogP contribution is -2.21. The van der Waals surface area contributed by atoms with Gasteiger partial charge in [-0.25, -0.2) is 0 Å². The smallest absolute Gasteiger partial charge is 0.284 e. The van der Waals surface area contributed by atoms with Crippen LogP contribution in [0.2, 0.25) is 0 Å². The van der Waals surface area contributed by atoms with E-state index in [0.717, 1.165) is 12.3 Å². The zero-order valence-corrected chi connectivity index (χ0v) is 7.05. The van der Waals surface area contributed by atoms with Crippen LogP contribution in [0.15, 0.2) is 0 Å². The molecule has 4 heteroatoms. The van der Waals surface area contributed by atoms with Gasteiger partial charge in [0.15, 0.2) is 0 Å². The largest absolute Gasteiger partial charge is 0.302 e. The topological polar surface area (TPSA) is 46.5 Å². The van der Waals surface area contributed by atoms with E-state index in [-0.39, 0.29) is 6.10 Å². The first-order valence-electron chi connectivity index (χ1n) is 4.03. The first-order chi connectivity index (χ1) is 5.25. The van der Waals surface area contributed by atoms with Crippen molar-refractivity contribution in [1.82, 2.24) is 0 Å². The Balaban J connectivity index is 1.92. The van der Waals surface area contributed by atoms with Crippen LogP contribution in [0.4, 0.5) is 0 Å². The molecule has 11 heavy (non-hydrogen) atoms. The summed E-state index contributed by atoms with van der Waals surface area (Å²) in [7, 11) is 0. The molecule has 0 heterocycles. The molecule has 0 spiro atoms. The van der Waals surface area contributed by atoms with E-state index in [1.54, 1.807) is 0 Å². The predicted molar refractivity (Wildman–Crippen MR) is 41.1 cm³/mol. The summed E-state index contributed by atoms with van der Waals surface area (Å²) in [6.07, 6.45) is 4.76. The number of hydrogen-bond donors (Lipinski definition) is 1. The lowest BCUT2D eigenvalue weighted by molar-refractivity contribution is 0.142. The molecule has 2 bridgehead atoms. The number of fused-ring (bicyclic) bond motifs is 2. The standard InChI is InChI=1S/C7H12O3S/c8-11(9)10-7-4-5-1-2-6(7)3-5/h5-7H,1-4H2,(H,8,9). The van der Waals surface area contributed by atoms with Crippen molar-refractivity contribution >= 4 is 11.4 Å². The quantitative estimate of drug-likeness (QED) is 0.645. The van der Waals surface area contributed by atoms with Gasteiger partial charge in [0.25, 0.3) is 0 Å². The van der Waals surface area contributed by atoms with Crippen molar-refractivity contribution in [3.05, 3.63) is 0 Å². The SMILES string of the molecule is O=S(O)OC1CC2CCC1C2. The van der Waals surface area contributed by atoms with E-state index in [4.69, 9.17) is 8.74 Å². The minimum absolute atomic E-state index is 0.0691. The summed E-state index contributed by atoms with van der Waals surface area (Å²) in [4.78, 5) is 0. The maximum Gasteiger partial charge on any atom is 0.302 e. The maximum absolute atomic E-state index is 10.3. The van der Waals surface area contributed by atoms with Crippen LogP contribution in [0.3, 0.4) is 0 Å². The average Bonchev–Trinajstić information content (AvgIpc) is 2.45. The molecule has 3 nitrogen and oxygen atoms in total. The van der Waals surface area contributed by atoms with Crippen LogP contribution in [-0.4, -0.2) is 14.9 Å². The predicted octanol–water partition coefficient (Wildman–Crippen LogP) is 1.33. The normalized spacial score (nSPS) is 44.6. The molecule has 2 aliphatic carbocycles. The van der Waals surface area contributed by atoms with E-state index < -0.39 is 11.4 Å². The fraction of sp³-hybridized carbons (Fsp3) is 1.00. The van der Waals surface area contributed by atoms with Gasteiger partial charge in [-0.2, -0.15) is 4.21 Å². The van der Waals surface area contributed by atoms with E-state index in [1.807, 2.05) is 0 Å². The highest BCUT2D eigenvalue weighted by Gasteiger charge is 2.41. The molecule has 0 radical (unpaired) electrons. The Labute approximate surface area is 68.6 Å². The minimum atomic E-state index is -2.06. The van der Waals surface area contributed by atoms with Crippen LogP contribution in [-0.2, 0) is 15.5 Å². The second kappa shape index (κ2) is 2.84. The van der Waals surface area contributed by atoms with Gasteiger partial charge in [0, 0.05) is 0 Å². The van der Waals surface area contributed by atoms with Gasteiger partial charge >= 0.3 is 11.4 Å². The number of hydrogen-bond acceptors (Lipinski definition) is 2. The molecule has 2 saturated carbocycles. The van der Waals surface area contributed by atoms with Crippen molar-refractivity contribution in [2.75, 3.05) is 0 Å². The van der Waals surface area contributed by atoms with Crippen molar-refractivity contribution in [2.45, 2.75) is 31.8 Å². The van der Waals surface area contributed by atoms with Crippen LogP contribution in [0.25, 0.3) is 0 Å². The average molecular weight is 176 g/mol. The molecule has 1 N–H and O–H groups in total. The van der Waals surface area contributed by atoms with E-state index in [9.17, 15) is 4.21 Å². The molecular weight excluding hydrogens is 164 g/mol. The van der Waals surface area contributed by atoms with Gasteiger partial charge in [-0.3, -0.25) is 8.74 Å². The Morgan fingerprint density at radius 2 is 2.18 bits per heavy atom. The van der Waals surface area contributed by atoms with Gasteiger partial charge in [-0.15, -0.1) is 0 Å². The maximum atomic E-state index is 10.3. The Morgan fingerprint density at radius 1 is 1.36 bits per heavy atom. The fourth-order valence-electron chi connectivity index (χ4n) is 2.41. The molecule has 0 saturated heterocycles. The van der Waals surface area contributed by atoms with Crippen LogP contribution >= 0.6 is 0 Å². The summed E-state index contributed by atoms with van der Waals surface area (Å²) >= 11 is -2.06. The second-order valence-electron chi connectivity index (χ2n) is 3.53. The van der Waals surface area contributed by atoms with E-state index in [0.29, 0.717) is 5.92 Å². The van der Waals surface area contributed by atoms with E-state index >= 15 is 0 Å². The van der Waals surface area contributed by atoms with Crippen molar-refractivity contribution in [1.29, 1.82) is 0 Å². The molecule has 0 aromatic rings. The third-order valence-electron chi connectivity index (χ3n) is 2.88. The minimum Gasteiger partial charge on any atom is -0.284 e. The Morgan fingerprint density at radius 3 is 2.64 bits per heavy atom. The monoisotopic (exact) mass is 176 g/mol. The van der Waals surface area contributed by atoms with Crippen molar-refractivity contribution in [3.63, 3.8) is 0 Å². The summed E-state index contributed by atoms with van der Waals surface area (Å²) in [5.74, 6) is 1.34. The molecular formula is C7H12O3S. The summed E-state index contributed by atoms with van der Waals surface area (Å²) in [6, 6.07) is 0. The third-order valence-corrected chi connectivity index (χ3v) is 3.29. The van der Waals surface area contributed by atoms with Crippen molar-refractivity contribution in [3.8, 4) is 0 Å². The summed E-state index contributed by atoms with van der Waals surface area (Å²) < 4.78 is 23.7. The van der Waals surface area contributed by atoms with Crippen molar-refractivity contribution < 1.29 is 12.9 Å². The summed E-state index contributed by atoms with van der Waals surface area (Å²) in [5, 5.41) is 0. The first-order valence-corrected chi connectivity index (χ1v) is 5.07. The Bertz CT molecular complexity index is 183. The Hall–Kier alpha value is 0.0700. The Kier molecular flexibility index (Phi) is 1.99. The fourth-order valence-corrected chi connectivity index (χ4v) is 2.86. The molecule has 4 atom stereocenters. The molecule has 0 amide bonds. The molecule has 2 rings (SSSR count). The summed E-state index contributed by atoms with van der Waals surface area (Å²) in [6.45, 7) is 0. The number of rotatable bonds is 2. The molecule has 2 aliphatic rings. The lowest BCUT2D eigenvalue weighted by atomic mass is 9.98. The molecule has 64 valence electrons. The van der Waals surface area contributed by atoms with E-state index in [1.165, 1.54) is 19.3 Å². The van der Waals surface area contributed by atoms with Gasteiger partial charge in [-0.05, 0) is 37.5 Å². The molecule has 2 fully saturated rings. The highest BCUT2D eigenvalue weighted by molar-refractivity contribution is 7.74. The highest BCUT2D eigenvalue weighted by atomic mass is 32.2. The van der Waals surface area contributed by atoms with Crippen LogP contribution < -0.4 is 0 Å². The zero-order valence-electron chi connectivity index (χ0n) is 6.23. The lowest BCUT2D eigenvalue weighted by Gasteiger charge is -2.18.